The van der Waals surface area contributed by atoms with Gasteiger partial charge in [-0.1, -0.05) is 12.1 Å². The van der Waals surface area contributed by atoms with Crippen LogP contribution in [0.1, 0.15) is 26.3 Å². The van der Waals surface area contributed by atoms with Crippen LogP contribution in [0.3, 0.4) is 0 Å². The molecule has 0 aliphatic rings. The minimum Gasteiger partial charge on any atom is -0.396 e. The number of benzene rings is 1. The predicted molar refractivity (Wildman–Crippen MR) is 71.8 cm³/mol. The van der Waals surface area contributed by atoms with E-state index in [0.717, 1.165) is 11.3 Å². The third-order valence-corrected chi connectivity index (χ3v) is 2.69. The zero-order chi connectivity index (χ0) is 13.3. The molecule has 1 aromatic carbocycles. The second-order valence-electron chi connectivity index (χ2n) is 5.24. The minimum atomic E-state index is -0.112. The molecule has 0 unspecified atom stereocenters. The molecule has 0 fully saturated rings. The molecule has 2 N–H and O–H groups in total. The highest BCUT2D eigenvalue weighted by molar-refractivity contribution is 5.72. The van der Waals surface area contributed by atoms with Gasteiger partial charge >= 0.3 is 0 Å². The molecule has 1 heterocycles. The summed E-state index contributed by atoms with van der Waals surface area (Å²) in [6.07, 6.45) is 1.83. The summed E-state index contributed by atoms with van der Waals surface area (Å²) in [6, 6.07) is 9.43. The number of nitrogen functional groups attached to an aromatic ring is 1. The highest BCUT2D eigenvalue weighted by Crippen LogP contribution is 2.27. The van der Waals surface area contributed by atoms with Crippen molar-refractivity contribution in [2.45, 2.75) is 26.3 Å². The number of nitriles is 1. The van der Waals surface area contributed by atoms with Gasteiger partial charge in [0.15, 0.2) is 0 Å². The summed E-state index contributed by atoms with van der Waals surface area (Å²) in [5.41, 5.74) is 8.71. The molecule has 18 heavy (non-hydrogen) atoms. The minimum absolute atomic E-state index is 0.112. The molecule has 0 spiro atoms. The molecule has 2 aromatic rings. The van der Waals surface area contributed by atoms with Gasteiger partial charge in [-0.2, -0.15) is 10.4 Å². The van der Waals surface area contributed by atoms with E-state index < -0.39 is 0 Å². The fourth-order valence-electron chi connectivity index (χ4n) is 1.69. The maximum atomic E-state index is 8.91. The Morgan fingerprint density at radius 1 is 1.33 bits per heavy atom. The van der Waals surface area contributed by atoms with Gasteiger partial charge in [0.1, 0.15) is 5.69 Å². The van der Waals surface area contributed by atoms with Crippen molar-refractivity contribution in [3.8, 4) is 17.3 Å². The lowest BCUT2D eigenvalue weighted by molar-refractivity contribution is 0.356. The number of nitrogens with two attached hydrogens (primary N) is 1. The average molecular weight is 240 g/mol. The zero-order valence-corrected chi connectivity index (χ0v) is 10.8. The Morgan fingerprint density at radius 3 is 2.61 bits per heavy atom. The first-order valence-corrected chi connectivity index (χ1v) is 5.78. The predicted octanol–water partition coefficient (Wildman–Crippen LogP) is 2.76. The van der Waals surface area contributed by atoms with Crippen LogP contribution < -0.4 is 5.73 Å². The van der Waals surface area contributed by atoms with E-state index in [1.54, 1.807) is 12.1 Å². The van der Waals surface area contributed by atoms with E-state index >= 15 is 0 Å². The largest absolute Gasteiger partial charge is 0.396 e. The molecule has 0 amide bonds. The monoisotopic (exact) mass is 240 g/mol. The quantitative estimate of drug-likeness (QED) is 0.833. The topological polar surface area (TPSA) is 67.6 Å². The van der Waals surface area contributed by atoms with Crippen molar-refractivity contribution in [1.82, 2.24) is 9.78 Å². The van der Waals surface area contributed by atoms with E-state index in [1.807, 2.05) is 23.0 Å². The molecule has 4 nitrogen and oxygen atoms in total. The Bertz CT molecular complexity index is 611. The second-order valence-corrected chi connectivity index (χ2v) is 5.24. The van der Waals surface area contributed by atoms with Crippen LogP contribution in [-0.2, 0) is 5.54 Å². The van der Waals surface area contributed by atoms with Gasteiger partial charge in [-0.05, 0) is 32.9 Å². The van der Waals surface area contributed by atoms with Crippen LogP contribution in [0, 0.1) is 11.3 Å². The number of rotatable bonds is 1. The molecule has 0 bridgehead atoms. The van der Waals surface area contributed by atoms with E-state index in [0.29, 0.717) is 11.3 Å². The second kappa shape index (κ2) is 4.19. The smallest absolute Gasteiger partial charge is 0.115 e. The van der Waals surface area contributed by atoms with Crippen LogP contribution >= 0.6 is 0 Å². The molecule has 0 aliphatic heterocycles. The van der Waals surface area contributed by atoms with Crippen molar-refractivity contribution in [2.24, 2.45) is 0 Å². The average Bonchev–Trinajstić information content (AvgIpc) is 2.71. The zero-order valence-electron chi connectivity index (χ0n) is 10.8. The molecule has 0 saturated heterocycles. The first-order chi connectivity index (χ1) is 8.41. The van der Waals surface area contributed by atoms with Crippen LogP contribution in [0.25, 0.3) is 11.3 Å². The van der Waals surface area contributed by atoms with Gasteiger partial charge in [0.05, 0.1) is 22.9 Å². The highest BCUT2D eigenvalue weighted by Gasteiger charge is 2.17. The SMILES string of the molecule is CC(C)(C)n1cc(N)c(-c2cccc(C#N)c2)n1. The molecular weight excluding hydrogens is 224 g/mol. The number of hydrogen-bond donors (Lipinski definition) is 1. The van der Waals surface area contributed by atoms with Gasteiger partial charge in [0.25, 0.3) is 0 Å². The van der Waals surface area contributed by atoms with E-state index in [9.17, 15) is 0 Å². The maximum Gasteiger partial charge on any atom is 0.115 e. The van der Waals surface area contributed by atoms with Crippen LogP contribution in [0.5, 0.6) is 0 Å². The Balaban J connectivity index is 2.52. The molecule has 0 aliphatic carbocycles. The van der Waals surface area contributed by atoms with Gasteiger partial charge in [-0.15, -0.1) is 0 Å². The van der Waals surface area contributed by atoms with Crippen molar-refractivity contribution >= 4 is 5.69 Å². The summed E-state index contributed by atoms with van der Waals surface area (Å²) in [4.78, 5) is 0. The summed E-state index contributed by atoms with van der Waals surface area (Å²) < 4.78 is 1.84. The summed E-state index contributed by atoms with van der Waals surface area (Å²) in [7, 11) is 0. The molecular formula is C14H16N4. The molecule has 0 radical (unpaired) electrons. The van der Waals surface area contributed by atoms with Crippen molar-refractivity contribution in [1.29, 1.82) is 5.26 Å². The fourth-order valence-corrected chi connectivity index (χ4v) is 1.69. The number of aromatic nitrogens is 2. The summed E-state index contributed by atoms with van der Waals surface area (Å²) >= 11 is 0. The van der Waals surface area contributed by atoms with Crippen molar-refractivity contribution < 1.29 is 0 Å². The van der Waals surface area contributed by atoms with E-state index in [1.165, 1.54) is 0 Å². The lowest BCUT2D eigenvalue weighted by Crippen LogP contribution is -2.22. The fraction of sp³-hybridized carbons (Fsp3) is 0.286. The van der Waals surface area contributed by atoms with Crippen LogP contribution in [0.4, 0.5) is 5.69 Å². The van der Waals surface area contributed by atoms with Gasteiger partial charge in [-0.25, -0.2) is 0 Å². The molecule has 4 heteroatoms. The van der Waals surface area contributed by atoms with E-state index in [4.69, 9.17) is 11.0 Å². The van der Waals surface area contributed by atoms with Crippen molar-refractivity contribution in [2.75, 3.05) is 5.73 Å². The summed E-state index contributed by atoms with van der Waals surface area (Å²) in [5.74, 6) is 0. The normalized spacial score (nSPS) is 11.2. The lowest BCUT2D eigenvalue weighted by atomic mass is 10.1. The first kappa shape index (κ1) is 12.2. The summed E-state index contributed by atoms with van der Waals surface area (Å²) in [5, 5.41) is 13.4. The summed E-state index contributed by atoms with van der Waals surface area (Å²) in [6.45, 7) is 6.19. The van der Waals surface area contributed by atoms with Gasteiger partial charge < -0.3 is 5.73 Å². The third kappa shape index (κ3) is 2.21. The van der Waals surface area contributed by atoms with Crippen LogP contribution in [-0.4, -0.2) is 9.78 Å². The highest BCUT2D eigenvalue weighted by atomic mass is 15.3. The number of hydrogen-bond acceptors (Lipinski definition) is 3. The van der Waals surface area contributed by atoms with Gasteiger partial charge in [0, 0.05) is 11.8 Å². The Morgan fingerprint density at radius 2 is 2.06 bits per heavy atom. The molecule has 0 saturated carbocycles. The Kier molecular flexibility index (Phi) is 2.84. The standard InChI is InChI=1S/C14H16N4/c1-14(2,3)18-9-12(16)13(17-18)11-6-4-5-10(7-11)8-15/h4-7,9H,16H2,1-3H3. The maximum absolute atomic E-state index is 8.91. The Hall–Kier alpha value is -2.28. The van der Waals surface area contributed by atoms with Crippen LogP contribution in [0.15, 0.2) is 30.5 Å². The number of nitrogens with zero attached hydrogens (tertiary/aromatic N) is 3. The molecule has 1 aromatic heterocycles. The van der Waals surface area contributed by atoms with Crippen molar-refractivity contribution in [3.05, 3.63) is 36.0 Å². The number of anilines is 1. The van der Waals surface area contributed by atoms with Gasteiger partial charge in [-0.3, -0.25) is 4.68 Å². The van der Waals surface area contributed by atoms with Crippen molar-refractivity contribution in [3.63, 3.8) is 0 Å². The Labute approximate surface area is 107 Å². The lowest BCUT2D eigenvalue weighted by Gasteiger charge is -2.18. The first-order valence-electron chi connectivity index (χ1n) is 5.78. The van der Waals surface area contributed by atoms with E-state index in [2.05, 4.69) is 31.9 Å². The molecule has 92 valence electrons. The third-order valence-electron chi connectivity index (χ3n) is 2.69. The van der Waals surface area contributed by atoms with Crippen LogP contribution in [0.2, 0.25) is 0 Å². The molecule has 2 rings (SSSR count). The van der Waals surface area contributed by atoms with E-state index in [-0.39, 0.29) is 5.54 Å². The molecule has 0 atom stereocenters. The van der Waals surface area contributed by atoms with Gasteiger partial charge in [0.2, 0.25) is 0 Å².